The minimum absolute atomic E-state index is 0.383. The second-order valence-electron chi connectivity index (χ2n) is 5.64. The van der Waals surface area contributed by atoms with Crippen LogP contribution in [0.4, 0.5) is 0 Å². The first-order valence-corrected chi connectivity index (χ1v) is 8.27. The molecule has 1 aromatic carbocycles. The molecule has 0 saturated carbocycles. The molecule has 0 bridgehead atoms. The molecule has 0 radical (unpaired) electrons. The van der Waals surface area contributed by atoms with E-state index in [0.29, 0.717) is 19.0 Å². The van der Waals surface area contributed by atoms with Crippen LogP contribution >= 0.6 is 0 Å². The van der Waals surface area contributed by atoms with Crippen molar-refractivity contribution in [3.63, 3.8) is 0 Å². The molecule has 0 N–H and O–H groups in total. The lowest BCUT2D eigenvalue weighted by molar-refractivity contribution is 0.296. The number of ether oxygens (including phenoxy) is 2. The molecule has 0 aliphatic rings. The minimum Gasteiger partial charge on any atom is -0.494 e. The van der Waals surface area contributed by atoms with E-state index in [9.17, 15) is 0 Å². The Balaban J connectivity index is 1.96. The zero-order valence-electron chi connectivity index (χ0n) is 14.7. The smallest absolute Gasteiger partial charge is 0.133 e. The summed E-state index contributed by atoms with van der Waals surface area (Å²) in [5.41, 5.74) is 4.55. The molecule has 5 heteroatoms. The van der Waals surface area contributed by atoms with Crippen LogP contribution in [0.3, 0.4) is 0 Å². The van der Waals surface area contributed by atoms with Gasteiger partial charge < -0.3 is 9.47 Å². The molecule has 0 fully saturated rings. The van der Waals surface area contributed by atoms with E-state index in [-0.39, 0.29) is 0 Å². The van der Waals surface area contributed by atoms with Gasteiger partial charge in [0.15, 0.2) is 0 Å². The molecule has 0 spiro atoms. The van der Waals surface area contributed by atoms with Gasteiger partial charge in [0, 0.05) is 30.2 Å². The molecular formula is C20H21N3O2. The van der Waals surface area contributed by atoms with Gasteiger partial charge in [0.2, 0.25) is 0 Å². The molecule has 0 unspecified atom stereocenters. The van der Waals surface area contributed by atoms with Crippen molar-refractivity contribution in [2.24, 2.45) is 0 Å². The fraction of sp³-hybridized carbons (Fsp3) is 0.250. The molecule has 3 rings (SSSR count). The Bertz CT molecular complexity index is 865. The first-order chi connectivity index (χ1) is 12.2. The van der Waals surface area contributed by atoms with Crippen molar-refractivity contribution in [1.82, 2.24) is 15.0 Å². The molecule has 0 saturated heterocycles. The molecule has 0 atom stereocenters. The van der Waals surface area contributed by atoms with Crippen LogP contribution in [0.5, 0.6) is 11.5 Å². The maximum atomic E-state index is 6.09. The van der Waals surface area contributed by atoms with E-state index in [0.717, 1.165) is 34.0 Å². The number of hydrogen-bond donors (Lipinski definition) is 0. The molecule has 0 aliphatic heterocycles. The van der Waals surface area contributed by atoms with Gasteiger partial charge in [-0.25, -0.2) is 0 Å². The van der Waals surface area contributed by atoms with Gasteiger partial charge in [-0.1, -0.05) is 6.07 Å². The summed E-state index contributed by atoms with van der Waals surface area (Å²) in [4.78, 5) is 13.2. The third-order valence-electron chi connectivity index (χ3n) is 3.88. The molecule has 5 nitrogen and oxygen atoms in total. The predicted molar refractivity (Wildman–Crippen MR) is 96.7 cm³/mol. The second-order valence-corrected chi connectivity index (χ2v) is 5.64. The van der Waals surface area contributed by atoms with Crippen LogP contribution < -0.4 is 9.47 Å². The fourth-order valence-corrected chi connectivity index (χ4v) is 2.56. The summed E-state index contributed by atoms with van der Waals surface area (Å²) in [7, 11) is 0. The topological polar surface area (TPSA) is 57.1 Å². The lowest BCUT2D eigenvalue weighted by Gasteiger charge is -2.14. The predicted octanol–water partition coefficient (Wildman–Crippen LogP) is 4.13. The second kappa shape index (κ2) is 7.75. The Kier molecular flexibility index (Phi) is 5.23. The summed E-state index contributed by atoms with van der Waals surface area (Å²) in [5.74, 6) is 1.47. The Morgan fingerprint density at radius 2 is 1.76 bits per heavy atom. The first kappa shape index (κ1) is 16.9. The van der Waals surface area contributed by atoms with Crippen molar-refractivity contribution < 1.29 is 9.47 Å². The van der Waals surface area contributed by atoms with Crippen LogP contribution in [0.1, 0.15) is 23.9 Å². The number of nitrogens with zero attached hydrogens (tertiary/aromatic N) is 3. The van der Waals surface area contributed by atoms with E-state index in [1.807, 2.05) is 51.1 Å². The third-order valence-corrected chi connectivity index (χ3v) is 3.88. The van der Waals surface area contributed by atoms with Gasteiger partial charge in [-0.3, -0.25) is 15.0 Å². The summed E-state index contributed by atoms with van der Waals surface area (Å²) in [6.45, 7) is 6.90. The Morgan fingerprint density at radius 3 is 2.52 bits per heavy atom. The lowest BCUT2D eigenvalue weighted by Crippen LogP contribution is -2.03. The molecule has 0 aliphatic carbocycles. The molecule has 2 aromatic heterocycles. The maximum absolute atomic E-state index is 6.09. The van der Waals surface area contributed by atoms with Gasteiger partial charge in [-0.2, -0.15) is 0 Å². The monoisotopic (exact) mass is 335 g/mol. The van der Waals surface area contributed by atoms with Crippen LogP contribution in [0.15, 0.2) is 48.9 Å². The lowest BCUT2D eigenvalue weighted by atomic mass is 10.1. The number of benzene rings is 1. The number of hydrogen-bond acceptors (Lipinski definition) is 5. The fourth-order valence-electron chi connectivity index (χ4n) is 2.56. The highest BCUT2D eigenvalue weighted by Gasteiger charge is 2.13. The summed E-state index contributed by atoms with van der Waals surface area (Å²) in [5, 5.41) is 0. The van der Waals surface area contributed by atoms with Crippen molar-refractivity contribution in [3.05, 3.63) is 65.9 Å². The number of pyridine rings is 1. The van der Waals surface area contributed by atoms with E-state index in [1.54, 1.807) is 18.6 Å². The number of rotatable bonds is 6. The Hall–Kier alpha value is -2.95. The standard InChI is InChI=1S/C20H21N3O2/c1-4-24-16-7-8-17(20-15(3)21-10-11-23-20)19(12-16)25-13-18-14(2)6-5-9-22-18/h5-12H,4,13H2,1-3H3. The zero-order chi connectivity index (χ0) is 17.6. The molecule has 25 heavy (non-hydrogen) atoms. The van der Waals surface area contributed by atoms with Crippen LogP contribution in [-0.4, -0.2) is 21.6 Å². The van der Waals surface area contributed by atoms with E-state index < -0.39 is 0 Å². The van der Waals surface area contributed by atoms with Crippen LogP contribution in [-0.2, 0) is 6.61 Å². The van der Waals surface area contributed by atoms with Gasteiger partial charge in [0.1, 0.15) is 18.1 Å². The highest BCUT2D eigenvalue weighted by atomic mass is 16.5. The van der Waals surface area contributed by atoms with Gasteiger partial charge in [0.25, 0.3) is 0 Å². The average molecular weight is 335 g/mol. The largest absolute Gasteiger partial charge is 0.494 e. The number of aromatic nitrogens is 3. The van der Waals surface area contributed by atoms with E-state index in [1.165, 1.54) is 0 Å². The van der Waals surface area contributed by atoms with Crippen LogP contribution in [0.25, 0.3) is 11.3 Å². The van der Waals surface area contributed by atoms with Crippen LogP contribution in [0, 0.1) is 13.8 Å². The van der Waals surface area contributed by atoms with Crippen molar-refractivity contribution in [3.8, 4) is 22.8 Å². The van der Waals surface area contributed by atoms with E-state index >= 15 is 0 Å². The van der Waals surface area contributed by atoms with E-state index in [2.05, 4.69) is 15.0 Å². The number of aryl methyl sites for hydroxylation is 2. The van der Waals surface area contributed by atoms with Crippen molar-refractivity contribution in [1.29, 1.82) is 0 Å². The third kappa shape index (κ3) is 3.94. The normalized spacial score (nSPS) is 10.5. The molecule has 0 amide bonds. The Labute approximate surface area is 147 Å². The summed E-state index contributed by atoms with van der Waals surface area (Å²) < 4.78 is 11.7. The minimum atomic E-state index is 0.383. The van der Waals surface area contributed by atoms with Gasteiger partial charge >= 0.3 is 0 Å². The maximum Gasteiger partial charge on any atom is 0.133 e. The summed E-state index contributed by atoms with van der Waals surface area (Å²) >= 11 is 0. The average Bonchev–Trinajstić information content (AvgIpc) is 2.62. The summed E-state index contributed by atoms with van der Waals surface area (Å²) in [6, 6.07) is 9.72. The van der Waals surface area contributed by atoms with Crippen molar-refractivity contribution in [2.45, 2.75) is 27.4 Å². The quantitative estimate of drug-likeness (QED) is 0.678. The van der Waals surface area contributed by atoms with Crippen molar-refractivity contribution >= 4 is 0 Å². The van der Waals surface area contributed by atoms with Gasteiger partial charge in [-0.15, -0.1) is 0 Å². The SMILES string of the molecule is CCOc1ccc(-c2nccnc2C)c(OCc2ncccc2C)c1. The van der Waals surface area contributed by atoms with Crippen molar-refractivity contribution in [2.75, 3.05) is 6.61 Å². The van der Waals surface area contributed by atoms with Gasteiger partial charge in [-0.05, 0) is 44.5 Å². The molecule has 128 valence electrons. The first-order valence-electron chi connectivity index (χ1n) is 8.27. The molecule has 3 aromatic rings. The Morgan fingerprint density at radius 1 is 0.920 bits per heavy atom. The summed E-state index contributed by atoms with van der Waals surface area (Å²) in [6.07, 6.45) is 5.15. The highest BCUT2D eigenvalue weighted by Crippen LogP contribution is 2.34. The highest BCUT2D eigenvalue weighted by molar-refractivity contribution is 5.70. The van der Waals surface area contributed by atoms with Gasteiger partial charge in [0.05, 0.1) is 23.7 Å². The van der Waals surface area contributed by atoms with Crippen LogP contribution in [0.2, 0.25) is 0 Å². The zero-order valence-corrected chi connectivity index (χ0v) is 14.7. The molecular weight excluding hydrogens is 314 g/mol. The van der Waals surface area contributed by atoms with E-state index in [4.69, 9.17) is 9.47 Å². The molecule has 2 heterocycles.